The van der Waals surface area contributed by atoms with Crippen LogP contribution >= 0.6 is 0 Å². The molecule has 0 radical (unpaired) electrons. The summed E-state index contributed by atoms with van der Waals surface area (Å²) in [6.07, 6.45) is -6.23. The maximum Gasteiger partial charge on any atom is 0.335 e. The Kier molecular flexibility index (Phi) is 10.8. The molecule has 0 aliphatic carbocycles. The molecular formula is C26H30O15. The second-order valence-corrected chi connectivity index (χ2v) is 8.93. The van der Waals surface area contributed by atoms with Gasteiger partial charge in [-0.25, -0.2) is 9.59 Å². The van der Waals surface area contributed by atoms with Gasteiger partial charge in [0.1, 0.15) is 31.0 Å². The molecule has 1 aromatic rings. The summed E-state index contributed by atoms with van der Waals surface area (Å²) in [5.41, 5.74) is -0.0505. The standard InChI is InChI=1S/C26H30O15/c1-37-17-8-12(2-4-16(17)28)3-5-20(31)38-7-6-13-14(9-19(29)30)15(24(35)36)11-39-25(13)41-26-23(34)22(33)21(32)18(10-27)40-26/h2-6,8,11,14,18,21-23,25-28,32-34H,7,9-10H2,1H3,(H,29,30)(H,35,36)/b5-3+,13-6+/t14-,18+,21+,22-,23+,25-,26-/m0/s1. The Morgan fingerprint density at radius 3 is 2.44 bits per heavy atom. The summed E-state index contributed by atoms with van der Waals surface area (Å²) in [4.78, 5) is 35.6. The highest BCUT2D eigenvalue weighted by Crippen LogP contribution is 2.35. The zero-order valence-corrected chi connectivity index (χ0v) is 21.6. The van der Waals surface area contributed by atoms with E-state index in [-0.39, 0.29) is 17.1 Å². The molecule has 0 amide bonds. The molecule has 0 unspecified atom stereocenters. The van der Waals surface area contributed by atoms with Crippen LogP contribution in [0.15, 0.2) is 47.8 Å². The molecule has 1 fully saturated rings. The number of carboxylic acids is 2. The number of benzene rings is 1. The summed E-state index contributed by atoms with van der Waals surface area (Å²) < 4.78 is 26.3. The number of rotatable bonds is 11. The van der Waals surface area contributed by atoms with Gasteiger partial charge >= 0.3 is 17.9 Å². The van der Waals surface area contributed by atoms with E-state index >= 15 is 0 Å². The van der Waals surface area contributed by atoms with E-state index in [1.807, 2.05) is 0 Å². The maximum absolute atomic E-state index is 12.3. The smallest absolute Gasteiger partial charge is 0.335 e. The molecule has 15 heteroatoms. The zero-order chi connectivity index (χ0) is 30.3. The summed E-state index contributed by atoms with van der Waals surface area (Å²) in [7, 11) is 1.36. The Bertz CT molecular complexity index is 1200. The molecule has 3 rings (SSSR count). The highest BCUT2D eigenvalue weighted by atomic mass is 16.8. The lowest BCUT2D eigenvalue weighted by molar-refractivity contribution is -0.327. The highest BCUT2D eigenvalue weighted by molar-refractivity contribution is 5.89. The normalized spacial score (nSPS) is 29.0. The van der Waals surface area contributed by atoms with Crippen molar-refractivity contribution in [1.29, 1.82) is 0 Å². The minimum absolute atomic E-state index is 0.0975. The predicted molar refractivity (Wildman–Crippen MR) is 134 cm³/mol. The molecule has 41 heavy (non-hydrogen) atoms. The van der Waals surface area contributed by atoms with Gasteiger partial charge in [0, 0.05) is 17.6 Å². The van der Waals surface area contributed by atoms with Crippen LogP contribution in [0.2, 0.25) is 0 Å². The summed E-state index contributed by atoms with van der Waals surface area (Å²) in [6.45, 7) is -1.23. The number of hydrogen-bond donors (Lipinski definition) is 7. The molecule has 224 valence electrons. The molecule has 0 spiro atoms. The number of carboxylic acid groups (broad SMARTS) is 2. The average molecular weight is 583 g/mol. The number of carbonyl (C=O) groups is 3. The SMILES string of the molecule is COc1cc(/C=C/C(=O)OC/C=C2/[C@H](O[C@@H]3O[C@H](CO)[C@@H](O)[C@H](O)[C@H]3O)OC=C(C(=O)O)[C@H]2CC(=O)O)ccc1O. The van der Waals surface area contributed by atoms with Crippen LogP contribution < -0.4 is 4.74 Å². The van der Waals surface area contributed by atoms with E-state index in [1.165, 1.54) is 37.5 Å². The number of phenols is 1. The molecule has 2 aliphatic heterocycles. The second kappa shape index (κ2) is 14.1. The third-order valence-corrected chi connectivity index (χ3v) is 6.26. The minimum Gasteiger partial charge on any atom is -0.504 e. The van der Waals surface area contributed by atoms with Crippen LogP contribution in [0.5, 0.6) is 11.5 Å². The molecule has 1 saturated heterocycles. The van der Waals surface area contributed by atoms with Gasteiger partial charge in [0.15, 0.2) is 17.8 Å². The molecule has 0 aromatic heterocycles. The molecule has 1 aromatic carbocycles. The molecule has 2 aliphatic rings. The van der Waals surface area contributed by atoms with E-state index in [2.05, 4.69) is 0 Å². The van der Waals surface area contributed by atoms with Crippen molar-refractivity contribution in [3.05, 3.63) is 53.3 Å². The number of hydrogen-bond acceptors (Lipinski definition) is 13. The van der Waals surface area contributed by atoms with Gasteiger partial charge in [-0.05, 0) is 29.8 Å². The number of methoxy groups -OCH3 is 1. The van der Waals surface area contributed by atoms with Crippen molar-refractivity contribution in [2.45, 2.75) is 43.4 Å². The summed E-state index contributed by atoms with van der Waals surface area (Å²) in [5.74, 6) is -4.93. The summed E-state index contributed by atoms with van der Waals surface area (Å²) >= 11 is 0. The van der Waals surface area contributed by atoms with Crippen LogP contribution in [0.25, 0.3) is 6.08 Å². The Hall–Kier alpha value is -3.99. The van der Waals surface area contributed by atoms with Gasteiger partial charge in [0.05, 0.1) is 32.0 Å². The van der Waals surface area contributed by atoms with Crippen molar-refractivity contribution >= 4 is 24.0 Å². The van der Waals surface area contributed by atoms with E-state index in [0.717, 1.165) is 12.3 Å². The van der Waals surface area contributed by atoms with Crippen molar-refractivity contribution in [2.75, 3.05) is 20.3 Å². The number of aromatic hydroxyl groups is 1. The number of phenolic OH excluding ortho intramolecular Hbond substituents is 1. The Morgan fingerprint density at radius 2 is 1.80 bits per heavy atom. The van der Waals surface area contributed by atoms with Crippen LogP contribution in [0.3, 0.4) is 0 Å². The zero-order valence-electron chi connectivity index (χ0n) is 21.6. The monoisotopic (exact) mass is 582 g/mol. The Labute approximate surface area is 232 Å². The lowest BCUT2D eigenvalue weighted by atomic mass is 9.86. The quantitative estimate of drug-likeness (QED) is 0.0952. The van der Waals surface area contributed by atoms with Gasteiger partial charge in [-0.15, -0.1) is 0 Å². The topological polar surface area (TPSA) is 239 Å². The predicted octanol–water partition coefficient (Wildman–Crippen LogP) is -0.884. The van der Waals surface area contributed by atoms with Crippen molar-refractivity contribution in [3.63, 3.8) is 0 Å². The first-order valence-electron chi connectivity index (χ1n) is 12.1. The van der Waals surface area contributed by atoms with Gasteiger partial charge in [-0.1, -0.05) is 6.07 Å². The lowest BCUT2D eigenvalue weighted by Gasteiger charge is -2.41. The molecule has 0 bridgehead atoms. The van der Waals surface area contributed by atoms with Crippen LogP contribution in [0.1, 0.15) is 12.0 Å². The summed E-state index contributed by atoms with van der Waals surface area (Å²) in [5, 5.41) is 68.4. The fourth-order valence-corrected chi connectivity index (χ4v) is 4.12. The van der Waals surface area contributed by atoms with Crippen LogP contribution in [-0.2, 0) is 33.3 Å². The van der Waals surface area contributed by atoms with Gasteiger partial charge in [-0.3, -0.25) is 4.79 Å². The molecule has 0 saturated carbocycles. The number of carbonyl (C=O) groups excluding carboxylic acids is 1. The van der Waals surface area contributed by atoms with E-state index in [4.69, 9.17) is 23.7 Å². The van der Waals surface area contributed by atoms with Crippen molar-refractivity contribution in [1.82, 2.24) is 0 Å². The van der Waals surface area contributed by atoms with Crippen molar-refractivity contribution in [2.24, 2.45) is 5.92 Å². The van der Waals surface area contributed by atoms with Crippen LogP contribution in [-0.4, -0.2) is 111 Å². The first-order chi connectivity index (χ1) is 19.5. The Morgan fingerprint density at radius 1 is 1.07 bits per heavy atom. The van der Waals surface area contributed by atoms with Gasteiger partial charge < -0.3 is 59.4 Å². The highest BCUT2D eigenvalue weighted by Gasteiger charge is 2.46. The number of ether oxygens (including phenoxy) is 5. The first-order valence-corrected chi connectivity index (χ1v) is 12.1. The number of aliphatic carboxylic acids is 2. The van der Waals surface area contributed by atoms with Crippen LogP contribution in [0, 0.1) is 5.92 Å². The average Bonchev–Trinajstić information content (AvgIpc) is 2.93. The van der Waals surface area contributed by atoms with Crippen LogP contribution in [0.4, 0.5) is 0 Å². The molecular weight excluding hydrogens is 552 g/mol. The van der Waals surface area contributed by atoms with Gasteiger partial charge in [0.2, 0.25) is 6.29 Å². The van der Waals surface area contributed by atoms with Crippen molar-refractivity contribution < 1.29 is 73.8 Å². The number of aliphatic hydroxyl groups is 4. The number of esters is 1. The molecule has 7 N–H and O–H groups in total. The van der Waals surface area contributed by atoms with E-state index in [0.29, 0.717) is 5.56 Å². The van der Waals surface area contributed by atoms with Gasteiger partial charge in [0.25, 0.3) is 0 Å². The molecule has 15 nitrogen and oxygen atoms in total. The maximum atomic E-state index is 12.3. The van der Waals surface area contributed by atoms with E-state index in [9.17, 15) is 50.1 Å². The molecule has 7 atom stereocenters. The third kappa shape index (κ3) is 7.81. The second-order valence-electron chi connectivity index (χ2n) is 8.93. The Balaban J connectivity index is 1.82. The lowest BCUT2D eigenvalue weighted by Crippen LogP contribution is -2.60. The van der Waals surface area contributed by atoms with E-state index < -0.39 is 86.0 Å². The number of aliphatic hydroxyl groups excluding tert-OH is 4. The third-order valence-electron chi connectivity index (χ3n) is 6.26. The van der Waals surface area contributed by atoms with E-state index in [1.54, 1.807) is 0 Å². The minimum atomic E-state index is -1.83. The fraction of sp³-hybridized carbons (Fsp3) is 0.423. The van der Waals surface area contributed by atoms with Gasteiger partial charge in [-0.2, -0.15) is 0 Å². The molecule has 2 heterocycles. The first kappa shape index (κ1) is 31.5. The summed E-state index contributed by atoms with van der Waals surface area (Å²) in [6, 6.07) is 4.35. The fourth-order valence-electron chi connectivity index (χ4n) is 4.12. The van der Waals surface area contributed by atoms with Crippen molar-refractivity contribution in [3.8, 4) is 11.5 Å². The largest absolute Gasteiger partial charge is 0.504 e.